The van der Waals surface area contributed by atoms with Crippen molar-refractivity contribution in [3.05, 3.63) is 48.3 Å². The summed E-state index contributed by atoms with van der Waals surface area (Å²) < 4.78 is 11.3. The molecule has 0 radical (unpaired) electrons. The molecule has 1 aromatic carbocycles. The molecule has 1 heterocycles. The lowest BCUT2D eigenvalue weighted by Gasteiger charge is -2.12. The summed E-state index contributed by atoms with van der Waals surface area (Å²) in [5.74, 6) is 2.08. The summed E-state index contributed by atoms with van der Waals surface area (Å²) in [5, 5.41) is 0. The number of nitrogens with two attached hydrogens (primary N) is 1. The highest BCUT2D eigenvalue weighted by Crippen LogP contribution is 2.31. The van der Waals surface area contributed by atoms with Crippen molar-refractivity contribution in [3.63, 3.8) is 0 Å². The number of hydrogen-bond donors (Lipinski definition) is 1. The number of para-hydroxylation sites is 2. The van der Waals surface area contributed by atoms with Crippen LogP contribution in [0.2, 0.25) is 0 Å². The highest BCUT2D eigenvalue weighted by molar-refractivity contribution is 5.42. The average Bonchev–Trinajstić information content (AvgIpc) is 2.49. The molecule has 0 aliphatic carbocycles. The fourth-order valence-corrected chi connectivity index (χ4v) is 1.82. The van der Waals surface area contributed by atoms with Gasteiger partial charge in [0.15, 0.2) is 11.5 Å². The molecule has 0 spiro atoms. The second-order valence-corrected chi connectivity index (χ2v) is 4.42. The van der Waals surface area contributed by atoms with Crippen LogP contribution in [0.15, 0.2) is 42.6 Å². The molecule has 0 saturated carbocycles. The zero-order valence-electron chi connectivity index (χ0n) is 11.9. The Morgan fingerprint density at radius 3 is 2.45 bits per heavy atom. The zero-order valence-corrected chi connectivity index (χ0v) is 11.9. The van der Waals surface area contributed by atoms with Gasteiger partial charge in [-0.05, 0) is 37.6 Å². The minimum absolute atomic E-state index is 0.0280. The Hall–Kier alpha value is -2.07. The number of rotatable bonds is 6. The Morgan fingerprint density at radius 2 is 1.85 bits per heavy atom. The van der Waals surface area contributed by atoms with Crippen molar-refractivity contribution >= 4 is 0 Å². The monoisotopic (exact) mass is 272 g/mol. The van der Waals surface area contributed by atoms with Gasteiger partial charge in [-0.25, -0.2) is 0 Å². The lowest BCUT2D eigenvalue weighted by molar-refractivity contribution is 0.321. The van der Waals surface area contributed by atoms with E-state index in [1.807, 2.05) is 50.2 Å². The third-order valence-corrected chi connectivity index (χ3v) is 2.96. The van der Waals surface area contributed by atoms with Crippen molar-refractivity contribution in [2.24, 2.45) is 5.73 Å². The second kappa shape index (κ2) is 6.91. The molecule has 2 rings (SSSR count). The van der Waals surface area contributed by atoms with Gasteiger partial charge in [-0.1, -0.05) is 19.1 Å². The molecule has 0 saturated heterocycles. The molecule has 0 amide bonds. The van der Waals surface area contributed by atoms with Crippen LogP contribution in [0.4, 0.5) is 0 Å². The van der Waals surface area contributed by atoms with Crippen LogP contribution in [0.3, 0.4) is 0 Å². The smallest absolute Gasteiger partial charge is 0.169 e. The summed E-state index contributed by atoms with van der Waals surface area (Å²) in [4.78, 5) is 4.33. The van der Waals surface area contributed by atoms with Crippen LogP contribution in [-0.2, 0) is 0 Å². The van der Waals surface area contributed by atoms with Crippen molar-refractivity contribution in [2.45, 2.75) is 26.3 Å². The van der Waals surface area contributed by atoms with Gasteiger partial charge >= 0.3 is 0 Å². The number of benzene rings is 1. The van der Waals surface area contributed by atoms with Gasteiger partial charge in [-0.2, -0.15) is 0 Å². The Balaban J connectivity index is 2.14. The summed E-state index contributed by atoms with van der Waals surface area (Å²) in [6.45, 7) is 4.58. The molecule has 0 bridgehead atoms. The van der Waals surface area contributed by atoms with Crippen molar-refractivity contribution in [3.8, 4) is 17.2 Å². The number of aromatic nitrogens is 1. The molecule has 1 aromatic heterocycles. The SMILES string of the molecule is CCOc1ccccc1Oc1ccc([C@@H](N)CC)nc1. The average molecular weight is 272 g/mol. The third kappa shape index (κ3) is 3.48. The fraction of sp³-hybridized carbons (Fsp3) is 0.312. The highest BCUT2D eigenvalue weighted by Gasteiger charge is 2.07. The summed E-state index contributed by atoms with van der Waals surface area (Å²) in [6.07, 6.45) is 2.55. The van der Waals surface area contributed by atoms with Crippen LogP contribution in [-0.4, -0.2) is 11.6 Å². The summed E-state index contributed by atoms with van der Waals surface area (Å²) in [5.41, 5.74) is 6.81. The molecule has 2 N–H and O–H groups in total. The second-order valence-electron chi connectivity index (χ2n) is 4.42. The number of hydrogen-bond acceptors (Lipinski definition) is 4. The standard InChI is InChI=1S/C16H20N2O2/c1-3-13(17)14-10-9-12(11-18-14)20-16-8-6-5-7-15(16)19-4-2/h5-11,13H,3-4,17H2,1-2H3/t13-/m0/s1. The highest BCUT2D eigenvalue weighted by atomic mass is 16.5. The van der Waals surface area contributed by atoms with E-state index < -0.39 is 0 Å². The Bertz CT molecular complexity index is 540. The first-order valence-electron chi connectivity index (χ1n) is 6.85. The predicted octanol–water partition coefficient (Wildman–Crippen LogP) is 3.68. The van der Waals surface area contributed by atoms with Gasteiger partial charge in [0.1, 0.15) is 5.75 Å². The molecule has 20 heavy (non-hydrogen) atoms. The molecule has 1 atom stereocenters. The van der Waals surface area contributed by atoms with E-state index in [-0.39, 0.29) is 6.04 Å². The summed E-state index contributed by atoms with van der Waals surface area (Å²) in [7, 11) is 0. The van der Waals surface area contributed by atoms with Gasteiger partial charge in [0, 0.05) is 6.04 Å². The predicted molar refractivity (Wildman–Crippen MR) is 79.1 cm³/mol. The zero-order chi connectivity index (χ0) is 14.4. The first-order valence-corrected chi connectivity index (χ1v) is 6.85. The van der Waals surface area contributed by atoms with E-state index >= 15 is 0 Å². The Labute approximate surface area is 119 Å². The van der Waals surface area contributed by atoms with E-state index in [0.717, 1.165) is 17.9 Å². The quantitative estimate of drug-likeness (QED) is 0.871. The van der Waals surface area contributed by atoms with Crippen molar-refractivity contribution in [1.29, 1.82) is 0 Å². The van der Waals surface area contributed by atoms with E-state index in [1.165, 1.54) is 0 Å². The van der Waals surface area contributed by atoms with E-state index in [4.69, 9.17) is 15.2 Å². The van der Waals surface area contributed by atoms with Crippen molar-refractivity contribution < 1.29 is 9.47 Å². The van der Waals surface area contributed by atoms with E-state index in [0.29, 0.717) is 18.1 Å². The van der Waals surface area contributed by atoms with E-state index in [9.17, 15) is 0 Å². The molecular formula is C16H20N2O2. The first kappa shape index (κ1) is 14.3. The van der Waals surface area contributed by atoms with Gasteiger partial charge in [0.25, 0.3) is 0 Å². The van der Waals surface area contributed by atoms with Gasteiger partial charge < -0.3 is 15.2 Å². The maximum absolute atomic E-state index is 5.94. The van der Waals surface area contributed by atoms with Gasteiger partial charge in [-0.15, -0.1) is 0 Å². The van der Waals surface area contributed by atoms with Crippen molar-refractivity contribution in [2.75, 3.05) is 6.61 Å². The molecule has 2 aromatic rings. The van der Waals surface area contributed by atoms with E-state index in [1.54, 1.807) is 6.20 Å². The van der Waals surface area contributed by atoms with Gasteiger partial charge in [0.05, 0.1) is 18.5 Å². The third-order valence-electron chi connectivity index (χ3n) is 2.96. The molecule has 0 unspecified atom stereocenters. The Kier molecular flexibility index (Phi) is 4.96. The maximum Gasteiger partial charge on any atom is 0.169 e. The molecule has 106 valence electrons. The first-order chi connectivity index (χ1) is 9.74. The molecule has 4 heteroatoms. The Morgan fingerprint density at radius 1 is 1.10 bits per heavy atom. The van der Waals surface area contributed by atoms with Gasteiger partial charge in [0.2, 0.25) is 0 Å². The van der Waals surface area contributed by atoms with Crippen LogP contribution in [0.25, 0.3) is 0 Å². The molecular weight excluding hydrogens is 252 g/mol. The minimum atomic E-state index is -0.0280. The van der Waals surface area contributed by atoms with Crippen LogP contribution < -0.4 is 15.2 Å². The topological polar surface area (TPSA) is 57.4 Å². The number of pyridine rings is 1. The summed E-state index contributed by atoms with van der Waals surface area (Å²) in [6, 6.07) is 11.3. The maximum atomic E-state index is 5.94. The molecule has 0 fully saturated rings. The molecule has 0 aliphatic rings. The molecule has 0 aliphatic heterocycles. The fourth-order valence-electron chi connectivity index (χ4n) is 1.82. The van der Waals surface area contributed by atoms with E-state index in [2.05, 4.69) is 4.98 Å². The normalized spacial score (nSPS) is 11.9. The van der Waals surface area contributed by atoms with Crippen LogP contribution in [0.5, 0.6) is 17.2 Å². The summed E-state index contributed by atoms with van der Waals surface area (Å²) >= 11 is 0. The van der Waals surface area contributed by atoms with Crippen molar-refractivity contribution in [1.82, 2.24) is 4.98 Å². The van der Waals surface area contributed by atoms with Crippen LogP contribution >= 0.6 is 0 Å². The largest absolute Gasteiger partial charge is 0.490 e. The van der Waals surface area contributed by atoms with Gasteiger partial charge in [-0.3, -0.25) is 4.98 Å². The number of nitrogens with zero attached hydrogens (tertiary/aromatic N) is 1. The lowest BCUT2D eigenvalue weighted by Crippen LogP contribution is -2.10. The molecule has 4 nitrogen and oxygen atoms in total. The van der Waals surface area contributed by atoms with Crippen LogP contribution in [0.1, 0.15) is 32.0 Å². The van der Waals surface area contributed by atoms with Crippen LogP contribution in [0, 0.1) is 0 Å². The minimum Gasteiger partial charge on any atom is -0.490 e. The number of ether oxygens (including phenoxy) is 2. The lowest BCUT2D eigenvalue weighted by atomic mass is 10.1.